The van der Waals surface area contributed by atoms with E-state index in [1.54, 1.807) is 0 Å². The summed E-state index contributed by atoms with van der Waals surface area (Å²) in [4.78, 5) is 11.6. The Bertz CT molecular complexity index is 222. The minimum atomic E-state index is 0.0821. The summed E-state index contributed by atoms with van der Waals surface area (Å²) in [6, 6.07) is 0.280. The van der Waals surface area contributed by atoms with Crippen LogP contribution in [0.15, 0.2) is 11.6 Å². The quantitative estimate of drug-likeness (QED) is 0.749. The smallest absolute Gasteiger partial charge is 0.223 e. The highest BCUT2D eigenvalue weighted by atomic mass is 35.5. The fourth-order valence-electron chi connectivity index (χ4n) is 1.71. The lowest BCUT2D eigenvalue weighted by Gasteiger charge is -2.25. The fourth-order valence-corrected chi connectivity index (χ4v) is 1.78. The number of rotatable bonds is 3. The Balaban J connectivity index is 2.27. The minimum absolute atomic E-state index is 0.0821. The molecular formula is C10H17ClN2O. The third-order valence-corrected chi connectivity index (χ3v) is 2.73. The summed E-state index contributed by atoms with van der Waals surface area (Å²) in [6.45, 7) is 3.88. The standard InChI is InChI=1S/C10H17ClN2O/c1-7(11)6-13-10(14)8-2-4-9(12)5-3-8/h8-9H,1-6,12H2,(H,13,14). The predicted molar refractivity (Wildman–Crippen MR) is 57.9 cm³/mol. The van der Waals surface area contributed by atoms with E-state index in [4.69, 9.17) is 17.3 Å². The van der Waals surface area contributed by atoms with Crippen molar-refractivity contribution in [2.45, 2.75) is 31.7 Å². The molecule has 0 heterocycles. The van der Waals surface area contributed by atoms with Crippen molar-refractivity contribution in [2.24, 2.45) is 11.7 Å². The van der Waals surface area contributed by atoms with E-state index in [1.807, 2.05) is 0 Å². The van der Waals surface area contributed by atoms with E-state index in [-0.39, 0.29) is 17.9 Å². The molecule has 14 heavy (non-hydrogen) atoms. The van der Waals surface area contributed by atoms with Crippen LogP contribution in [0.1, 0.15) is 25.7 Å². The van der Waals surface area contributed by atoms with Gasteiger partial charge in [-0.15, -0.1) is 0 Å². The molecular weight excluding hydrogens is 200 g/mol. The van der Waals surface area contributed by atoms with E-state index in [2.05, 4.69) is 11.9 Å². The van der Waals surface area contributed by atoms with Gasteiger partial charge in [-0.1, -0.05) is 18.2 Å². The summed E-state index contributed by atoms with van der Waals surface area (Å²) in [5.74, 6) is 0.199. The first-order valence-electron chi connectivity index (χ1n) is 4.96. The molecule has 3 nitrogen and oxygen atoms in total. The Kier molecular flexibility index (Phi) is 4.42. The minimum Gasteiger partial charge on any atom is -0.351 e. The van der Waals surface area contributed by atoms with Crippen molar-refractivity contribution >= 4 is 17.5 Å². The second-order valence-electron chi connectivity index (χ2n) is 3.85. The van der Waals surface area contributed by atoms with Crippen LogP contribution < -0.4 is 11.1 Å². The van der Waals surface area contributed by atoms with Crippen LogP contribution in [0.5, 0.6) is 0 Å². The molecule has 0 aromatic carbocycles. The highest BCUT2D eigenvalue weighted by molar-refractivity contribution is 6.29. The summed E-state index contributed by atoms with van der Waals surface area (Å²) in [6.07, 6.45) is 3.67. The first-order valence-corrected chi connectivity index (χ1v) is 5.34. The molecule has 0 unspecified atom stereocenters. The Morgan fingerprint density at radius 3 is 2.50 bits per heavy atom. The normalized spacial score (nSPS) is 27.0. The van der Waals surface area contributed by atoms with Gasteiger partial charge in [-0.2, -0.15) is 0 Å². The van der Waals surface area contributed by atoms with Crippen LogP contribution in [-0.2, 0) is 4.79 Å². The van der Waals surface area contributed by atoms with Crippen LogP contribution in [0.25, 0.3) is 0 Å². The third kappa shape index (κ3) is 3.68. The van der Waals surface area contributed by atoms with Crippen molar-refractivity contribution in [3.05, 3.63) is 11.6 Å². The second-order valence-corrected chi connectivity index (χ2v) is 4.38. The molecule has 0 aliphatic heterocycles. The summed E-state index contributed by atoms with van der Waals surface area (Å²) >= 11 is 5.55. The molecule has 0 aromatic rings. The van der Waals surface area contributed by atoms with Crippen molar-refractivity contribution in [1.29, 1.82) is 0 Å². The second kappa shape index (κ2) is 5.37. The van der Waals surface area contributed by atoms with Crippen molar-refractivity contribution in [1.82, 2.24) is 5.32 Å². The average Bonchev–Trinajstić information content (AvgIpc) is 2.15. The van der Waals surface area contributed by atoms with Crippen molar-refractivity contribution < 1.29 is 4.79 Å². The van der Waals surface area contributed by atoms with Crippen LogP contribution >= 0.6 is 11.6 Å². The number of carbonyl (C=O) groups excluding carboxylic acids is 1. The summed E-state index contributed by atoms with van der Waals surface area (Å²) in [5.41, 5.74) is 5.75. The third-order valence-electron chi connectivity index (χ3n) is 2.60. The maximum Gasteiger partial charge on any atom is 0.223 e. The number of halogens is 1. The number of hydrogen-bond donors (Lipinski definition) is 2. The Labute approximate surface area is 89.7 Å². The number of nitrogens with two attached hydrogens (primary N) is 1. The first kappa shape index (κ1) is 11.5. The van der Waals surface area contributed by atoms with Gasteiger partial charge in [0.2, 0.25) is 5.91 Å². The zero-order valence-corrected chi connectivity index (χ0v) is 9.02. The van der Waals surface area contributed by atoms with E-state index < -0.39 is 0 Å². The Morgan fingerprint density at radius 1 is 1.43 bits per heavy atom. The molecule has 1 saturated carbocycles. The lowest BCUT2D eigenvalue weighted by Crippen LogP contribution is -2.36. The lowest BCUT2D eigenvalue weighted by atomic mass is 9.86. The van der Waals surface area contributed by atoms with Crippen LogP contribution in [0.2, 0.25) is 0 Å². The lowest BCUT2D eigenvalue weighted by molar-refractivity contribution is -0.125. The van der Waals surface area contributed by atoms with E-state index >= 15 is 0 Å². The molecule has 1 aliphatic rings. The van der Waals surface area contributed by atoms with Gasteiger partial charge < -0.3 is 11.1 Å². The maximum absolute atomic E-state index is 11.6. The average molecular weight is 217 g/mol. The van der Waals surface area contributed by atoms with Crippen LogP contribution in [0.3, 0.4) is 0 Å². The SMILES string of the molecule is C=C(Cl)CNC(=O)C1CCC(N)CC1. The van der Waals surface area contributed by atoms with E-state index in [0.29, 0.717) is 11.6 Å². The van der Waals surface area contributed by atoms with Gasteiger partial charge in [0.15, 0.2) is 0 Å². The molecule has 0 aromatic heterocycles. The molecule has 0 atom stereocenters. The van der Waals surface area contributed by atoms with Crippen LogP contribution in [-0.4, -0.2) is 18.5 Å². The van der Waals surface area contributed by atoms with Gasteiger partial charge in [0.25, 0.3) is 0 Å². The topological polar surface area (TPSA) is 55.1 Å². The molecule has 1 fully saturated rings. The summed E-state index contributed by atoms with van der Waals surface area (Å²) in [5, 5.41) is 3.22. The van der Waals surface area contributed by atoms with Crippen molar-refractivity contribution in [2.75, 3.05) is 6.54 Å². The van der Waals surface area contributed by atoms with Crippen LogP contribution in [0.4, 0.5) is 0 Å². The summed E-state index contributed by atoms with van der Waals surface area (Å²) < 4.78 is 0. The predicted octanol–water partition coefficient (Wildman–Crippen LogP) is 1.37. The number of carbonyl (C=O) groups is 1. The van der Waals surface area contributed by atoms with E-state index in [0.717, 1.165) is 25.7 Å². The highest BCUT2D eigenvalue weighted by Gasteiger charge is 2.23. The number of hydrogen-bond acceptors (Lipinski definition) is 2. The fraction of sp³-hybridized carbons (Fsp3) is 0.700. The van der Waals surface area contributed by atoms with Gasteiger partial charge in [0.05, 0.1) is 6.54 Å². The van der Waals surface area contributed by atoms with E-state index in [9.17, 15) is 4.79 Å². The molecule has 1 rings (SSSR count). The number of nitrogens with one attached hydrogen (secondary N) is 1. The maximum atomic E-state index is 11.6. The molecule has 0 radical (unpaired) electrons. The molecule has 3 N–H and O–H groups in total. The zero-order chi connectivity index (χ0) is 10.6. The summed E-state index contributed by atoms with van der Waals surface area (Å²) in [7, 11) is 0. The molecule has 0 spiro atoms. The van der Waals surface area contributed by atoms with Crippen LogP contribution in [0, 0.1) is 5.92 Å². The van der Waals surface area contributed by atoms with Gasteiger partial charge in [-0.25, -0.2) is 0 Å². The largest absolute Gasteiger partial charge is 0.351 e. The van der Waals surface area contributed by atoms with Crippen molar-refractivity contribution in [3.8, 4) is 0 Å². The molecule has 0 saturated heterocycles. The van der Waals surface area contributed by atoms with Gasteiger partial charge in [-0.3, -0.25) is 4.79 Å². The highest BCUT2D eigenvalue weighted by Crippen LogP contribution is 2.23. The molecule has 1 amide bonds. The monoisotopic (exact) mass is 216 g/mol. The Morgan fingerprint density at radius 2 is 2.00 bits per heavy atom. The van der Waals surface area contributed by atoms with Gasteiger partial charge in [0, 0.05) is 17.0 Å². The molecule has 80 valence electrons. The first-order chi connectivity index (χ1) is 6.59. The van der Waals surface area contributed by atoms with Gasteiger partial charge in [-0.05, 0) is 25.7 Å². The molecule has 4 heteroatoms. The molecule has 0 bridgehead atoms. The van der Waals surface area contributed by atoms with E-state index in [1.165, 1.54) is 0 Å². The van der Waals surface area contributed by atoms with Gasteiger partial charge in [0.1, 0.15) is 0 Å². The zero-order valence-electron chi connectivity index (χ0n) is 8.26. The number of amides is 1. The van der Waals surface area contributed by atoms with Gasteiger partial charge >= 0.3 is 0 Å². The molecule has 1 aliphatic carbocycles. The Hall–Kier alpha value is -0.540. The van der Waals surface area contributed by atoms with Crippen molar-refractivity contribution in [3.63, 3.8) is 0 Å².